The van der Waals surface area contributed by atoms with E-state index in [0.717, 1.165) is 46.9 Å². The van der Waals surface area contributed by atoms with Crippen molar-refractivity contribution in [2.24, 2.45) is 0 Å². The van der Waals surface area contributed by atoms with Gasteiger partial charge in [-0.25, -0.2) is 18.6 Å². The first-order valence-corrected chi connectivity index (χ1v) is 19.1. The molecule has 276 valence electrons. The molecule has 2 saturated heterocycles. The van der Waals surface area contributed by atoms with Gasteiger partial charge in [0.2, 0.25) is 0 Å². The molecule has 0 unspecified atom stereocenters. The quantitative estimate of drug-likeness (QED) is 0.157. The highest BCUT2D eigenvalue weighted by Crippen LogP contribution is 2.50. The Hall–Kier alpha value is -4.27. The minimum absolute atomic E-state index is 0.0602. The molecule has 8 rings (SSSR count). The minimum Gasteiger partial charge on any atom is -0.461 e. The molecule has 0 radical (unpaired) electrons. The summed E-state index contributed by atoms with van der Waals surface area (Å²) in [6, 6.07) is 5.12. The van der Waals surface area contributed by atoms with Gasteiger partial charge in [-0.2, -0.15) is 19.6 Å². The van der Waals surface area contributed by atoms with Gasteiger partial charge in [-0.3, -0.25) is 10.2 Å². The first-order valence-electron chi connectivity index (χ1n) is 17.2. The van der Waals surface area contributed by atoms with Crippen LogP contribution in [0.3, 0.4) is 0 Å². The standard InChI is InChI=1S/C36H35ClF2N8O4S2/c1-17-42-24(53-46-17)12-41-31-27-22-15-49-14-21(22)25(28(37)29(27)43-33(44-31)50-16-36-8-5-9-47(36)13-18(38)10-36)19-6-7-23(39)30-26(19)20(11-40)32(52-30)45-34(48)51-35(2,3)4/h6-7,18H,5,8-10,12-16H2,1-4H3,(H,45,48)(H,41,43,44)/t18-,36+/m1/s1. The summed E-state index contributed by atoms with van der Waals surface area (Å²) in [4.78, 5) is 29.1. The highest BCUT2D eigenvalue weighted by atomic mass is 35.5. The number of nitriles is 1. The molecule has 53 heavy (non-hydrogen) atoms. The lowest BCUT2D eigenvalue weighted by molar-refractivity contribution is 0.0636. The number of nitrogens with one attached hydrogen (secondary N) is 2. The number of hydrogen-bond acceptors (Lipinski definition) is 13. The van der Waals surface area contributed by atoms with Gasteiger partial charge >= 0.3 is 12.1 Å². The molecule has 5 aromatic rings. The number of benzene rings is 2. The highest BCUT2D eigenvalue weighted by Gasteiger charge is 2.49. The van der Waals surface area contributed by atoms with Crippen LogP contribution in [-0.4, -0.2) is 67.3 Å². The third-order valence-corrected chi connectivity index (χ3v) is 12.1. The lowest BCUT2D eigenvalue weighted by Crippen LogP contribution is -2.43. The van der Waals surface area contributed by atoms with Gasteiger partial charge in [-0.15, -0.1) is 11.3 Å². The Labute approximate surface area is 316 Å². The predicted octanol–water partition coefficient (Wildman–Crippen LogP) is 8.28. The lowest BCUT2D eigenvalue weighted by atomic mass is 9.91. The normalized spacial score (nSPS) is 19.8. The number of fused-ring (bicyclic) bond motifs is 5. The number of alkyl halides is 1. The Balaban J connectivity index is 1.28. The van der Waals surface area contributed by atoms with Crippen LogP contribution in [0.15, 0.2) is 12.1 Å². The smallest absolute Gasteiger partial charge is 0.412 e. The van der Waals surface area contributed by atoms with Crippen LogP contribution >= 0.6 is 34.5 Å². The molecule has 3 aliphatic heterocycles. The summed E-state index contributed by atoms with van der Waals surface area (Å²) in [5.41, 5.74) is 1.70. The van der Waals surface area contributed by atoms with Gasteiger partial charge in [0, 0.05) is 23.9 Å². The summed E-state index contributed by atoms with van der Waals surface area (Å²) in [6.45, 7) is 9.11. The van der Waals surface area contributed by atoms with Crippen LogP contribution in [0.1, 0.15) is 67.6 Å². The fourth-order valence-electron chi connectivity index (χ4n) is 7.67. The van der Waals surface area contributed by atoms with Crippen LogP contribution in [-0.2, 0) is 29.2 Å². The second-order valence-electron chi connectivity index (χ2n) is 14.5. The third kappa shape index (κ3) is 6.52. The van der Waals surface area contributed by atoms with Crippen molar-refractivity contribution in [3.8, 4) is 23.2 Å². The zero-order valence-corrected chi connectivity index (χ0v) is 31.8. The van der Waals surface area contributed by atoms with Crippen LogP contribution in [0.25, 0.3) is 32.1 Å². The molecular formula is C36H35ClF2N8O4S2. The van der Waals surface area contributed by atoms with Gasteiger partial charge in [0.1, 0.15) is 51.9 Å². The van der Waals surface area contributed by atoms with E-state index in [1.807, 2.05) is 6.92 Å². The molecular weight excluding hydrogens is 746 g/mol. The topological polar surface area (TPSA) is 147 Å². The van der Waals surface area contributed by atoms with Gasteiger partial charge in [-0.05, 0) is 81.4 Å². The number of rotatable bonds is 8. The van der Waals surface area contributed by atoms with Crippen molar-refractivity contribution in [3.63, 3.8) is 0 Å². The average molecular weight is 781 g/mol. The molecule has 2 aromatic carbocycles. The van der Waals surface area contributed by atoms with E-state index < -0.39 is 29.2 Å². The summed E-state index contributed by atoms with van der Waals surface area (Å²) < 4.78 is 52.4. The van der Waals surface area contributed by atoms with Gasteiger partial charge in [-0.1, -0.05) is 17.7 Å². The Morgan fingerprint density at radius 1 is 1.23 bits per heavy atom. The molecule has 0 aliphatic carbocycles. The fraction of sp³-hybridized carbons (Fsp3) is 0.444. The fourth-order valence-corrected chi connectivity index (χ4v) is 9.68. The molecule has 2 N–H and O–H groups in total. The second kappa shape index (κ2) is 13.5. The van der Waals surface area contributed by atoms with Gasteiger partial charge in [0.15, 0.2) is 0 Å². The SMILES string of the molecule is Cc1nsc(CNc2nc(OC[C@@]34CCCN3C[C@H](F)C4)nc3c(Cl)c(-c4ccc(F)c5sc(NC(=O)OC(C)(C)C)c(C#N)c45)c4c(c23)COC4)n1. The summed E-state index contributed by atoms with van der Waals surface area (Å²) >= 11 is 9.60. The molecule has 3 aliphatic rings. The van der Waals surface area contributed by atoms with Crippen molar-refractivity contribution in [3.05, 3.63) is 50.5 Å². The average Bonchev–Trinajstić information content (AvgIpc) is 3.92. The first-order chi connectivity index (χ1) is 25.3. The maximum Gasteiger partial charge on any atom is 0.412 e. The number of ether oxygens (including phenoxy) is 3. The van der Waals surface area contributed by atoms with Crippen LogP contribution in [0, 0.1) is 24.1 Å². The minimum atomic E-state index is -0.925. The van der Waals surface area contributed by atoms with E-state index in [2.05, 4.69) is 31.0 Å². The molecule has 0 spiro atoms. The summed E-state index contributed by atoms with van der Waals surface area (Å²) in [7, 11) is 0. The van der Waals surface area contributed by atoms with Gasteiger partial charge in [0.25, 0.3) is 0 Å². The van der Waals surface area contributed by atoms with E-state index in [4.69, 9.17) is 35.8 Å². The summed E-state index contributed by atoms with van der Waals surface area (Å²) in [6.07, 6.45) is 0.453. The monoisotopic (exact) mass is 780 g/mol. The summed E-state index contributed by atoms with van der Waals surface area (Å²) in [5, 5.41) is 18.5. The van der Waals surface area contributed by atoms with Crippen molar-refractivity contribution in [2.45, 2.75) is 84.0 Å². The third-order valence-electron chi connectivity index (χ3n) is 9.77. The van der Waals surface area contributed by atoms with Crippen LogP contribution in [0.5, 0.6) is 6.01 Å². The number of anilines is 2. The molecule has 2 atom stereocenters. The van der Waals surface area contributed by atoms with Crippen molar-refractivity contribution >= 4 is 72.4 Å². The second-order valence-corrected chi connectivity index (χ2v) is 16.7. The van der Waals surface area contributed by atoms with Gasteiger partial charge in [0.05, 0.1) is 51.5 Å². The lowest BCUT2D eigenvalue weighted by Gasteiger charge is -2.30. The molecule has 12 nitrogen and oxygen atoms in total. The Morgan fingerprint density at radius 2 is 2.04 bits per heavy atom. The number of carbonyl (C=O) groups is 1. The van der Waals surface area contributed by atoms with Crippen molar-refractivity contribution in [2.75, 3.05) is 30.3 Å². The molecule has 0 bridgehead atoms. The number of hydrogen-bond donors (Lipinski definition) is 2. The number of amides is 1. The van der Waals surface area contributed by atoms with Gasteiger partial charge < -0.3 is 19.5 Å². The maximum atomic E-state index is 15.5. The number of halogens is 3. The molecule has 2 fully saturated rings. The number of thiophene rings is 1. The number of aryl methyl sites for hydroxylation is 1. The molecule has 0 saturated carbocycles. The molecule has 3 aromatic heterocycles. The van der Waals surface area contributed by atoms with E-state index >= 15 is 4.39 Å². The predicted molar refractivity (Wildman–Crippen MR) is 199 cm³/mol. The van der Waals surface area contributed by atoms with E-state index in [0.29, 0.717) is 53.2 Å². The largest absolute Gasteiger partial charge is 0.461 e. The highest BCUT2D eigenvalue weighted by molar-refractivity contribution is 7.23. The maximum absolute atomic E-state index is 15.5. The number of nitrogens with zero attached hydrogens (tertiary/aromatic N) is 6. The van der Waals surface area contributed by atoms with E-state index in [1.165, 1.54) is 17.6 Å². The summed E-state index contributed by atoms with van der Waals surface area (Å²) in [5.74, 6) is 0.546. The zero-order valence-electron chi connectivity index (χ0n) is 29.4. The molecule has 1 amide bonds. The van der Waals surface area contributed by atoms with Crippen LogP contribution < -0.4 is 15.4 Å². The number of aromatic nitrogens is 4. The van der Waals surface area contributed by atoms with Crippen molar-refractivity contribution in [1.82, 2.24) is 24.2 Å². The van der Waals surface area contributed by atoms with Crippen molar-refractivity contribution in [1.29, 1.82) is 5.26 Å². The van der Waals surface area contributed by atoms with Crippen LogP contribution in [0.4, 0.5) is 24.4 Å². The van der Waals surface area contributed by atoms with E-state index in [9.17, 15) is 14.4 Å². The first kappa shape index (κ1) is 35.7. The van der Waals surface area contributed by atoms with E-state index in [-0.39, 0.29) is 51.5 Å². The Kier molecular flexibility index (Phi) is 9.13. The Bertz CT molecular complexity index is 2340. The molecule has 17 heteroatoms. The zero-order chi connectivity index (χ0) is 37.2. The van der Waals surface area contributed by atoms with Crippen LogP contribution in [0.2, 0.25) is 5.02 Å². The van der Waals surface area contributed by atoms with E-state index in [1.54, 1.807) is 26.8 Å². The Morgan fingerprint density at radius 3 is 2.79 bits per heavy atom. The molecule has 6 heterocycles. The number of carbonyl (C=O) groups excluding carboxylic acids is 1. The van der Waals surface area contributed by atoms with Crippen molar-refractivity contribution < 1.29 is 27.8 Å².